The molecule has 0 unspecified atom stereocenters. The van der Waals surface area contributed by atoms with E-state index in [2.05, 4.69) is 13.2 Å². The van der Waals surface area contributed by atoms with Crippen molar-refractivity contribution in [1.82, 2.24) is 0 Å². The number of nitro groups is 1. The topological polar surface area (TPSA) is 69.2 Å². The zero-order valence-corrected chi connectivity index (χ0v) is 6.56. The van der Waals surface area contributed by atoms with Crippen molar-refractivity contribution in [1.29, 1.82) is 0 Å². The fraction of sp³-hybridized carbons (Fsp3) is 0. The van der Waals surface area contributed by atoms with Crippen molar-refractivity contribution in [3.05, 3.63) is 59.0 Å². The maximum atomic E-state index is 10.3. The summed E-state index contributed by atoms with van der Waals surface area (Å²) in [6.07, 6.45) is 5.28. The highest BCUT2D eigenvalue weighted by Crippen LogP contribution is 2.04. The highest BCUT2D eigenvalue weighted by molar-refractivity contribution is 5.27. The van der Waals surface area contributed by atoms with E-state index in [-0.39, 0.29) is 11.4 Å². The van der Waals surface area contributed by atoms with Gasteiger partial charge in [0, 0.05) is 6.08 Å². The van der Waals surface area contributed by atoms with Gasteiger partial charge >= 0.3 is 0 Å². The van der Waals surface area contributed by atoms with Gasteiger partial charge in [-0.05, 0) is 6.08 Å². The molecule has 64 valence electrons. The molecule has 0 fully saturated rings. The van der Waals surface area contributed by atoms with Crippen LogP contribution in [0.15, 0.2) is 48.9 Å². The highest BCUT2D eigenvalue weighted by Gasteiger charge is 2.11. The van der Waals surface area contributed by atoms with Crippen LogP contribution in [0.2, 0.25) is 0 Å². The van der Waals surface area contributed by atoms with E-state index in [1.165, 1.54) is 24.3 Å². The summed E-state index contributed by atoms with van der Waals surface area (Å²) in [6.45, 7) is 6.71. The maximum Gasteiger partial charge on any atom is 0.292 e. The van der Waals surface area contributed by atoms with Gasteiger partial charge in [0.1, 0.15) is 5.70 Å². The van der Waals surface area contributed by atoms with Crippen LogP contribution in [-0.4, -0.2) is 4.92 Å². The van der Waals surface area contributed by atoms with E-state index < -0.39 is 4.92 Å². The van der Waals surface area contributed by atoms with E-state index in [1.54, 1.807) is 0 Å². The van der Waals surface area contributed by atoms with E-state index in [0.29, 0.717) is 0 Å². The molecule has 0 saturated heterocycles. The molecular formula is C8H10N2O2. The molecule has 0 aromatic carbocycles. The minimum atomic E-state index is -0.572. The number of nitrogens with two attached hydrogens (primary N) is 1. The van der Waals surface area contributed by atoms with Gasteiger partial charge in [-0.2, -0.15) is 0 Å². The number of rotatable bonds is 4. The Morgan fingerprint density at radius 1 is 1.33 bits per heavy atom. The highest BCUT2D eigenvalue weighted by atomic mass is 16.6. The molecule has 0 aromatic heterocycles. The molecule has 0 spiro atoms. The molecule has 0 atom stereocenters. The van der Waals surface area contributed by atoms with Crippen LogP contribution in [0.25, 0.3) is 0 Å². The van der Waals surface area contributed by atoms with Crippen molar-refractivity contribution in [2.75, 3.05) is 0 Å². The monoisotopic (exact) mass is 166 g/mol. The molecule has 0 aliphatic rings. The normalized spacial score (nSPS) is 12.3. The summed E-state index contributed by atoms with van der Waals surface area (Å²) in [5.74, 6) is 0. The summed E-state index contributed by atoms with van der Waals surface area (Å²) in [6, 6.07) is 0. The summed E-state index contributed by atoms with van der Waals surface area (Å²) in [7, 11) is 0. The van der Waals surface area contributed by atoms with Crippen LogP contribution in [0.3, 0.4) is 0 Å². The molecule has 2 N–H and O–H groups in total. The average molecular weight is 166 g/mol. The van der Waals surface area contributed by atoms with Crippen LogP contribution in [0.5, 0.6) is 0 Å². The van der Waals surface area contributed by atoms with Crippen molar-refractivity contribution >= 4 is 0 Å². The van der Waals surface area contributed by atoms with Gasteiger partial charge in [-0.1, -0.05) is 25.3 Å². The maximum absolute atomic E-state index is 10.3. The first-order valence-electron chi connectivity index (χ1n) is 3.19. The van der Waals surface area contributed by atoms with Gasteiger partial charge in [0.15, 0.2) is 0 Å². The SMILES string of the molecule is C=C/C=C(N)\C(=C/C=C)[N+](=O)[O-]. The van der Waals surface area contributed by atoms with Gasteiger partial charge in [0.05, 0.1) is 4.92 Å². The average Bonchev–Trinajstić information content (AvgIpc) is 1.99. The lowest BCUT2D eigenvalue weighted by atomic mass is 10.3. The molecule has 4 nitrogen and oxygen atoms in total. The Kier molecular flexibility index (Phi) is 4.15. The minimum Gasteiger partial charge on any atom is -0.393 e. The number of hydrogen-bond acceptors (Lipinski definition) is 3. The lowest BCUT2D eigenvalue weighted by Crippen LogP contribution is -2.08. The smallest absolute Gasteiger partial charge is 0.292 e. The Bertz CT molecular complexity index is 264. The minimum absolute atomic E-state index is 0.0647. The van der Waals surface area contributed by atoms with Gasteiger partial charge in [-0.15, -0.1) is 0 Å². The number of allylic oxidation sites excluding steroid dienone is 4. The van der Waals surface area contributed by atoms with E-state index >= 15 is 0 Å². The van der Waals surface area contributed by atoms with Crippen LogP contribution in [0, 0.1) is 10.1 Å². The van der Waals surface area contributed by atoms with Crippen molar-refractivity contribution in [2.24, 2.45) is 5.73 Å². The zero-order valence-electron chi connectivity index (χ0n) is 6.56. The van der Waals surface area contributed by atoms with Crippen molar-refractivity contribution < 1.29 is 4.92 Å². The van der Waals surface area contributed by atoms with E-state index in [9.17, 15) is 10.1 Å². The molecule has 0 heterocycles. The van der Waals surface area contributed by atoms with E-state index in [4.69, 9.17) is 5.73 Å². The number of hydrogen-bond donors (Lipinski definition) is 1. The van der Waals surface area contributed by atoms with Crippen LogP contribution in [-0.2, 0) is 0 Å². The molecule has 0 aliphatic heterocycles. The zero-order chi connectivity index (χ0) is 9.56. The van der Waals surface area contributed by atoms with Crippen LogP contribution in [0.4, 0.5) is 0 Å². The lowest BCUT2D eigenvalue weighted by Gasteiger charge is -1.95. The van der Waals surface area contributed by atoms with Gasteiger partial charge in [-0.3, -0.25) is 10.1 Å². The van der Waals surface area contributed by atoms with Crippen LogP contribution in [0.1, 0.15) is 0 Å². The molecule has 4 heteroatoms. The van der Waals surface area contributed by atoms with Gasteiger partial charge in [-0.25, -0.2) is 0 Å². The molecule has 0 bridgehead atoms. The second-order valence-corrected chi connectivity index (χ2v) is 1.90. The second-order valence-electron chi connectivity index (χ2n) is 1.90. The third kappa shape index (κ3) is 2.83. The fourth-order valence-electron chi connectivity index (χ4n) is 0.586. The molecule has 0 radical (unpaired) electrons. The molecule has 0 rings (SSSR count). The van der Waals surface area contributed by atoms with E-state index in [0.717, 1.165) is 0 Å². The molecular weight excluding hydrogens is 156 g/mol. The van der Waals surface area contributed by atoms with Gasteiger partial charge in [0.2, 0.25) is 0 Å². The van der Waals surface area contributed by atoms with Crippen LogP contribution >= 0.6 is 0 Å². The van der Waals surface area contributed by atoms with E-state index in [1.807, 2.05) is 0 Å². The quantitative estimate of drug-likeness (QED) is 0.389. The largest absolute Gasteiger partial charge is 0.393 e. The van der Waals surface area contributed by atoms with Crippen molar-refractivity contribution in [2.45, 2.75) is 0 Å². The third-order valence-electron chi connectivity index (χ3n) is 1.07. The van der Waals surface area contributed by atoms with Crippen LogP contribution < -0.4 is 5.73 Å². The number of nitrogens with zero attached hydrogens (tertiary/aromatic N) is 1. The summed E-state index contributed by atoms with van der Waals surface area (Å²) in [4.78, 5) is 9.77. The Morgan fingerprint density at radius 2 is 1.83 bits per heavy atom. The first kappa shape index (κ1) is 10.2. The fourth-order valence-corrected chi connectivity index (χ4v) is 0.586. The Labute approximate surface area is 70.5 Å². The summed E-state index contributed by atoms with van der Waals surface area (Å²) in [5, 5.41) is 10.3. The standard InChI is InChI=1S/C8H10N2O2/c1-3-5-7(9)8(6-4-2)10(11)12/h3-6H,1-2,9H2/b7-5+,8-6+. The molecule has 0 aliphatic carbocycles. The van der Waals surface area contributed by atoms with Crippen molar-refractivity contribution in [3.8, 4) is 0 Å². The second kappa shape index (κ2) is 4.90. The molecule has 0 saturated carbocycles. The predicted octanol–water partition coefficient (Wildman–Crippen LogP) is 1.36. The summed E-state index contributed by atoms with van der Waals surface area (Å²) in [5.41, 5.74) is 5.24. The van der Waals surface area contributed by atoms with Crippen molar-refractivity contribution in [3.63, 3.8) is 0 Å². The molecule has 12 heavy (non-hydrogen) atoms. The lowest BCUT2D eigenvalue weighted by molar-refractivity contribution is -0.420. The molecule has 0 amide bonds. The third-order valence-corrected chi connectivity index (χ3v) is 1.07. The first-order chi connectivity index (χ1) is 5.63. The Hall–Kier alpha value is -1.84. The van der Waals surface area contributed by atoms with Gasteiger partial charge < -0.3 is 5.73 Å². The Balaban J connectivity index is 4.87. The van der Waals surface area contributed by atoms with Gasteiger partial charge in [0.25, 0.3) is 5.70 Å². The Morgan fingerprint density at radius 3 is 2.17 bits per heavy atom. The molecule has 0 aromatic rings. The predicted molar refractivity (Wildman–Crippen MR) is 47.7 cm³/mol. The summed E-state index contributed by atoms with van der Waals surface area (Å²) < 4.78 is 0. The summed E-state index contributed by atoms with van der Waals surface area (Å²) >= 11 is 0. The first-order valence-corrected chi connectivity index (χ1v) is 3.19.